The molecule has 6 nitrogen and oxygen atoms in total. The maximum atomic E-state index is 12.2. The highest BCUT2D eigenvalue weighted by molar-refractivity contribution is 7.99. The van der Waals surface area contributed by atoms with Crippen molar-refractivity contribution in [2.75, 3.05) is 23.0 Å². The summed E-state index contributed by atoms with van der Waals surface area (Å²) in [7, 11) is 0. The quantitative estimate of drug-likeness (QED) is 0.573. The molecule has 2 aromatic carbocycles. The Labute approximate surface area is 156 Å². The van der Waals surface area contributed by atoms with Gasteiger partial charge in [0.2, 0.25) is 5.91 Å². The summed E-state index contributed by atoms with van der Waals surface area (Å²) < 4.78 is 5.11. The number of rotatable bonds is 7. The Morgan fingerprint density at radius 1 is 1.00 bits per heavy atom. The fourth-order valence-corrected chi connectivity index (χ4v) is 2.99. The van der Waals surface area contributed by atoms with Crippen molar-refractivity contribution < 1.29 is 19.1 Å². The van der Waals surface area contributed by atoms with Crippen LogP contribution < -0.4 is 10.6 Å². The molecule has 0 bridgehead atoms. The fraction of sp³-hybridized carbons (Fsp3) is 0.211. The first-order valence-corrected chi connectivity index (χ1v) is 9.04. The normalized spacial score (nSPS) is 10.1. The van der Waals surface area contributed by atoms with E-state index >= 15 is 0 Å². The molecule has 7 heteroatoms. The minimum Gasteiger partial charge on any atom is -0.452 e. The van der Waals surface area contributed by atoms with Gasteiger partial charge in [-0.25, -0.2) is 4.79 Å². The molecular weight excluding hydrogens is 352 g/mol. The van der Waals surface area contributed by atoms with E-state index in [1.54, 1.807) is 36.4 Å². The first-order valence-electron chi connectivity index (χ1n) is 8.06. The van der Waals surface area contributed by atoms with E-state index in [9.17, 15) is 14.4 Å². The van der Waals surface area contributed by atoms with Crippen molar-refractivity contribution in [3.63, 3.8) is 0 Å². The molecule has 0 radical (unpaired) electrons. The molecule has 2 rings (SSSR count). The van der Waals surface area contributed by atoms with Gasteiger partial charge in [-0.1, -0.05) is 25.1 Å². The van der Waals surface area contributed by atoms with Gasteiger partial charge >= 0.3 is 5.97 Å². The summed E-state index contributed by atoms with van der Waals surface area (Å²) in [6.45, 7) is 3.00. The predicted molar refractivity (Wildman–Crippen MR) is 102 cm³/mol. The van der Waals surface area contributed by atoms with Gasteiger partial charge in [-0.05, 0) is 36.1 Å². The number of benzene rings is 2. The second kappa shape index (κ2) is 9.62. The topological polar surface area (TPSA) is 84.5 Å². The van der Waals surface area contributed by atoms with Crippen LogP contribution in [0.5, 0.6) is 0 Å². The van der Waals surface area contributed by atoms with Gasteiger partial charge in [0.1, 0.15) is 0 Å². The highest BCUT2D eigenvalue weighted by atomic mass is 32.2. The van der Waals surface area contributed by atoms with Crippen LogP contribution in [0.3, 0.4) is 0 Å². The number of carbonyl (C=O) groups excluding carboxylic acids is 3. The van der Waals surface area contributed by atoms with Crippen molar-refractivity contribution in [3.05, 3.63) is 54.1 Å². The Morgan fingerprint density at radius 2 is 1.69 bits per heavy atom. The van der Waals surface area contributed by atoms with Crippen LogP contribution in [0.25, 0.3) is 0 Å². The molecule has 2 aromatic rings. The van der Waals surface area contributed by atoms with E-state index in [-0.39, 0.29) is 5.91 Å². The van der Waals surface area contributed by atoms with Gasteiger partial charge in [-0.15, -0.1) is 11.8 Å². The summed E-state index contributed by atoms with van der Waals surface area (Å²) >= 11 is 1.54. The van der Waals surface area contributed by atoms with Crippen LogP contribution in [-0.2, 0) is 14.3 Å². The largest absolute Gasteiger partial charge is 0.452 e. The zero-order valence-electron chi connectivity index (χ0n) is 14.6. The van der Waals surface area contributed by atoms with Crippen LogP contribution in [0.4, 0.5) is 11.4 Å². The molecule has 136 valence electrons. The number of nitrogens with one attached hydrogen (secondary N) is 2. The average molecular weight is 372 g/mol. The molecule has 0 atom stereocenters. The maximum absolute atomic E-state index is 12.2. The van der Waals surface area contributed by atoms with Gasteiger partial charge < -0.3 is 15.4 Å². The van der Waals surface area contributed by atoms with E-state index in [2.05, 4.69) is 10.6 Å². The molecule has 0 aromatic heterocycles. The molecule has 0 unspecified atom stereocenters. The summed E-state index contributed by atoms with van der Waals surface area (Å²) in [5.74, 6) is -0.372. The van der Waals surface area contributed by atoms with Gasteiger partial charge in [0.15, 0.2) is 6.61 Å². The molecule has 0 aliphatic rings. The number of anilines is 2. The third-order valence-electron chi connectivity index (χ3n) is 3.21. The van der Waals surface area contributed by atoms with Crippen LogP contribution in [0, 0.1) is 0 Å². The van der Waals surface area contributed by atoms with Crippen molar-refractivity contribution in [2.45, 2.75) is 18.7 Å². The number of amides is 2. The molecular formula is C19H20N2O4S. The third-order valence-corrected chi connectivity index (χ3v) is 4.16. The third kappa shape index (κ3) is 5.93. The van der Waals surface area contributed by atoms with E-state index in [1.807, 2.05) is 19.1 Å². The highest BCUT2D eigenvalue weighted by Crippen LogP contribution is 2.23. The minimum atomic E-state index is -0.538. The number of ether oxygens (including phenoxy) is 1. The average Bonchev–Trinajstić information content (AvgIpc) is 2.60. The van der Waals surface area contributed by atoms with Gasteiger partial charge in [-0.3, -0.25) is 9.59 Å². The summed E-state index contributed by atoms with van der Waals surface area (Å²) in [6.07, 6.45) is 0. The molecule has 0 heterocycles. The zero-order valence-corrected chi connectivity index (χ0v) is 15.4. The van der Waals surface area contributed by atoms with E-state index in [0.29, 0.717) is 16.9 Å². The Morgan fingerprint density at radius 3 is 2.38 bits per heavy atom. The fourth-order valence-electron chi connectivity index (χ4n) is 2.20. The first-order chi connectivity index (χ1) is 12.5. The lowest BCUT2D eigenvalue weighted by atomic mass is 10.2. The number of carbonyl (C=O) groups is 3. The Kier molecular flexibility index (Phi) is 7.23. The molecule has 0 aliphatic heterocycles. The Hall–Kier alpha value is -2.80. The van der Waals surface area contributed by atoms with Crippen molar-refractivity contribution in [1.82, 2.24) is 0 Å². The zero-order chi connectivity index (χ0) is 18.9. The molecule has 0 aliphatic carbocycles. The van der Waals surface area contributed by atoms with Crippen LogP contribution in [0.2, 0.25) is 0 Å². The van der Waals surface area contributed by atoms with Crippen LogP contribution in [-0.4, -0.2) is 30.1 Å². The van der Waals surface area contributed by atoms with Crippen molar-refractivity contribution in [1.29, 1.82) is 0 Å². The van der Waals surface area contributed by atoms with Crippen molar-refractivity contribution >= 4 is 40.9 Å². The lowest BCUT2D eigenvalue weighted by molar-refractivity contribution is -0.119. The molecule has 0 saturated heterocycles. The minimum absolute atomic E-state index is 0.203. The summed E-state index contributed by atoms with van der Waals surface area (Å²) in [5.41, 5.74) is 1.51. The molecule has 0 fully saturated rings. The van der Waals surface area contributed by atoms with E-state index in [0.717, 1.165) is 10.6 Å². The summed E-state index contributed by atoms with van der Waals surface area (Å²) in [6, 6.07) is 13.8. The second-order valence-corrected chi connectivity index (χ2v) is 6.62. The first kappa shape index (κ1) is 19.5. The van der Waals surface area contributed by atoms with Crippen LogP contribution in [0.15, 0.2) is 53.4 Å². The summed E-state index contributed by atoms with van der Waals surface area (Å²) in [4.78, 5) is 36.1. The lowest BCUT2D eigenvalue weighted by Crippen LogP contribution is -2.21. The van der Waals surface area contributed by atoms with E-state index in [4.69, 9.17) is 4.74 Å². The van der Waals surface area contributed by atoms with Gasteiger partial charge in [0.25, 0.3) is 5.91 Å². The molecule has 2 N–H and O–H groups in total. The lowest BCUT2D eigenvalue weighted by Gasteiger charge is -2.10. The monoisotopic (exact) mass is 372 g/mol. The van der Waals surface area contributed by atoms with Crippen LogP contribution in [0.1, 0.15) is 24.2 Å². The van der Waals surface area contributed by atoms with Crippen LogP contribution >= 0.6 is 11.8 Å². The smallest absolute Gasteiger partial charge is 0.339 e. The summed E-state index contributed by atoms with van der Waals surface area (Å²) in [5, 5.41) is 5.26. The molecule has 0 spiro atoms. The number of esters is 1. The van der Waals surface area contributed by atoms with Gasteiger partial charge in [-0.2, -0.15) is 0 Å². The number of hydrogen-bond donors (Lipinski definition) is 2. The molecule has 0 saturated carbocycles. The van der Waals surface area contributed by atoms with Gasteiger partial charge in [0.05, 0.1) is 5.56 Å². The van der Waals surface area contributed by atoms with Crippen molar-refractivity contribution in [3.8, 4) is 0 Å². The molecule has 2 amide bonds. The standard InChI is InChI=1S/C19H20N2O4S/c1-3-26-17-10-5-4-9-16(17)19(24)25-12-18(23)21-15-8-6-7-14(11-15)20-13(2)22/h4-11H,3,12H2,1-2H3,(H,20,22)(H,21,23). The second-order valence-electron chi connectivity index (χ2n) is 5.32. The number of hydrogen-bond acceptors (Lipinski definition) is 5. The van der Waals surface area contributed by atoms with E-state index < -0.39 is 18.5 Å². The highest BCUT2D eigenvalue weighted by Gasteiger charge is 2.14. The molecule has 26 heavy (non-hydrogen) atoms. The maximum Gasteiger partial charge on any atom is 0.339 e. The van der Waals surface area contributed by atoms with E-state index in [1.165, 1.54) is 18.7 Å². The number of thioether (sulfide) groups is 1. The van der Waals surface area contributed by atoms with Crippen molar-refractivity contribution in [2.24, 2.45) is 0 Å². The predicted octanol–water partition coefficient (Wildman–Crippen LogP) is 3.55. The SMILES string of the molecule is CCSc1ccccc1C(=O)OCC(=O)Nc1cccc(NC(C)=O)c1. The Balaban J connectivity index is 1.93. The Bertz CT molecular complexity index is 808. The van der Waals surface area contributed by atoms with Gasteiger partial charge in [0, 0.05) is 23.2 Å².